The zero-order chi connectivity index (χ0) is 17.8. The van der Waals surface area contributed by atoms with Crippen molar-refractivity contribution in [3.05, 3.63) is 65.9 Å². The van der Waals surface area contributed by atoms with E-state index in [1.807, 2.05) is 24.3 Å². The molecule has 0 aliphatic rings. The van der Waals surface area contributed by atoms with Gasteiger partial charge in [0.1, 0.15) is 0 Å². The number of nitrogens with zero attached hydrogens (tertiary/aromatic N) is 1. The highest BCUT2D eigenvalue weighted by Gasteiger charge is 2.09. The van der Waals surface area contributed by atoms with Gasteiger partial charge in [0.2, 0.25) is 0 Å². The summed E-state index contributed by atoms with van der Waals surface area (Å²) in [5.74, 6) is -1.81. The lowest BCUT2D eigenvalue weighted by Gasteiger charge is -2.12. The van der Waals surface area contributed by atoms with Gasteiger partial charge in [0.15, 0.2) is 0 Å². The summed E-state index contributed by atoms with van der Waals surface area (Å²) >= 11 is 0. The third-order valence-electron chi connectivity index (χ3n) is 3.69. The van der Waals surface area contributed by atoms with Gasteiger partial charge in [0.25, 0.3) is 0 Å². The number of carbonyl (C=O) groups is 2. The summed E-state index contributed by atoms with van der Waals surface area (Å²) in [7, 11) is 0. The Balaban J connectivity index is 1.94. The van der Waals surface area contributed by atoms with Gasteiger partial charge in [-0.1, -0.05) is 30.3 Å². The average molecular weight is 336 g/mol. The number of aliphatic carboxylic acids is 2. The molecule has 6 heteroatoms. The maximum atomic E-state index is 11.0. The van der Waals surface area contributed by atoms with Crippen molar-refractivity contribution in [2.24, 2.45) is 0 Å². The van der Waals surface area contributed by atoms with E-state index in [0.717, 1.165) is 16.8 Å². The molecule has 0 aliphatic heterocycles. The monoisotopic (exact) mass is 336 g/mol. The van der Waals surface area contributed by atoms with E-state index in [2.05, 4.69) is 10.3 Å². The molecule has 0 saturated heterocycles. The lowest BCUT2D eigenvalue weighted by Crippen LogP contribution is -2.04. The van der Waals surface area contributed by atoms with Crippen molar-refractivity contribution in [1.29, 1.82) is 0 Å². The summed E-state index contributed by atoms with van der Waals surface area (Å²) in [6.45, 7) is 0. The SMILES string of the molecule is O=C(O)Cc1ccc(Nc2cc(CC(=O)O)nc3ccccc23)cc1. The molecule has 25 heavy (non-hydrogen) atoms. The molecular formula is C19H16N2O4. The molecule has 0 unspecified atom stereocenters. The van der Waals surface area contributed by atoms with Gasteiger partial charge in [0.05, 0.1) is 24.1 Å². The third kappa shape index (κ3) is 4.11. The molecule has 0 fully saturated rings. The zero-order valence-electron chi connectivity index (χ0n) is 13.3. The molecule has 2 aromatic carbocycles. The lowest BCUT2D eigenvalue weighted by atomic mass is 10.1. The number of fused-ring (bicyclic) bond motifs is 1. The maximum Gasteiger partial charge on any atom is 0.309 e. The Bertz CT molecular complexity index is 936. The van der Waals surface area contributed by atoms with E-state index in [-0.39, 0.29) is 12.8 Å². The van der Waals surface area contributed by atoms with Crippen LogP contribution in [0.25, 0.3) is 10.9 Å². The fourth-order valence-corrected chi connectivity index (χ4v) is 2.62. The molecule has 1 heterocycles. The summed E-state index contributed by atoms with van der Waals surface area (Å²) in [5.41, 5.74) is 3.44. The smallest absolute Gasteiger partial charge is 0.309 e. The van der Waals surface area contributed by atoms with Gasteiger partial charge in [-0.25, -0.2) is 0 Å². The Morgan fingerprint density at radius 1 is 0.920 bits per heavy atom. The summed E-state index contributed by atoms with van der Waals surface area (Å²) in [4.78, 5) is 26.1. The van der Waals surface area contributed by atoms with Crippen LogP contribution in [-0.4, -0.2) is 27.1 Å². The van der Waals surface area contributed by atoms with Crippen molar-refractivity contribution < 1.29 is 19.8 Å². The third-order valence-corrected chi connectivity index (χ3v) is 3.69. The number of rotatable bonds is 6. The topological polar surface area (TPSA) is 99.5 Å². The minimum absolute atomic E-state index is 0.0266. The normalized spacial score (nSPS) is 10.6. The number of benzene rings is 2. The standard InChI is InChI=1S/C19H16N2O4/c22-18(23)9-12-5-7-13(8-6-12)20-17-10-14(11-19(24)25)21-16-4-2-1-3-15(16)17/h1-8,10H,9,11H2,(H,20,21)(H,22,23)(H,24,25). The lowest BCUT2D eigenvalue weighted by molar-refractivity contribution is -0.137. The summed E-state index contributed by atoms with van der Waals surface area (Å²) < 4.78 is 0. The number of hydrogen-bond acceptors (Lipinski definition) is 4. The molecular weight excluding hydrogens is 320 g/mol. The van der Waals surface area contributed by atoms with Crippen molar-refractivity contribution in [2.75, 3.05) is 5.32 Å². The first-order valence-electron chi connectivity index (χ1n) is 7.69. The van der Waals surface area contributed by atoms with Crippen LogP contribution in [0.5, 0.6) is 0 Å². The van der Waals surface area contributed by atoms with E-state index in [1.54, 1.807) is 30.3 Å². The fourth-order valence-electron chi connectivity index (χ4n) is 2.62. The van der Waals surface area contributed by atoms with Crippen molar-refractivity contribution in [3.8, 4) is 0 Å². The molecule has 0 radical (unpaired) electrons. The Kier molecular flexibility index (Phi) is 4.61. The first kappa shape index (κ1) is 16.4. The first-order chi connectivity index (χ1) is 12.0. The van der Waals surface area contributed by atoms with Crippen LogP contribution in [0.4, 0.5) is 11.4 Å². The van der Waals surface area contributed by atoms with Crippen molar-refractivity contribution in [1.82, 2.24) is 4.98 Å². The van der Waals surface area contributed by atoms with E-state index in [1.165, 1.54) is 0 Å². The van der Waals surface area contributed by atoms with Crippen LogP contribution in [0.1, 0.15) is 11.3 Å². The molecule has 0 bridgehead atoms. The van der Waals surface area contributed by atoms with Crippen LogP contribution in [0, 0.1) is 0 Å². The highest BCUT2D eigenvalue weighted by molar-refractivity contribution is 5.93. The molecule has 1 aromatic heterocycles. The Labute approximate surface area is 143 Å². The van der Waals surface area contributed by atoms with E-state index in [9.17, 15) is 9.59 Å². The molecule has 0 spiro atoms. The number of hydrogen-bond donors (Lipinski definition) is 3. The van der Waals surface area contributed by atoms with Gasteiger partial charge in [-0.2, -0.15) is 0 Å². The molecule has 3 aromatic rings. The zero-order valence-corrected chi connectivity index (χ0v) is 13.3. The van der Waals surface area contributed by atoms with Crippen molar-refractivity contribution in [3.63, 3.8) is 0 Å². The number of carboxylic acids is 2. The van der Waals surface area contributed by atoms with Gasteiger partial charge in [-0.05, 0) is 29.8 Å². The number of carboxylic acid groups (broad SMARTS) is 2. The molecule has 6 nitrogen and oxygen atoms in total. The van der Waals surface area contributed by atoms with Crippen LogP contribution in [0.15, 0.2) is 54.6 Å². The Morgan fingerprint density at radius 3 is 2.28 bits per heavy atom. The molecule has 126 valence electrons. The summed E-state index contributed by atoms with van der Waals surface area (Å²) in [6, 6.07) is 16.3. The Morgan fingerprint density at radius 2 is 1.60 bits per heavy atom. The minimum Gasteiger partial charge on any atom is -0.481 e. The largest absolute Gasteiger partial charge is 0.481 e. The number of anilines is 2. The van der Waals surface area contributed by atoms with E-state index < -0.39 is 11.9 Å². The average Bonchev–Trinajstić information content (AvgIpc) is 2.55. The quantitative estimate of drug-likeness (QED) is 0.639. The summed E-state index contributed by atoms with van der Waals surface area (Å²) in [5, 5.41) is 22.0. The number of para-hydroxylation sites is 1. The predicted molar refractivity (Wildman–Crippen MR) is 94.1 cm³/mol. The van der Waals surface area contributed by atoms with Gasteiger partial charge < -0.3 is 15.5 Å². The number of nitrogens with one attached hydrogen (secondary N) is 1. The fraction of sp³-hybridized carbons (Fsp3) is 0.105. The Hall–Kier alpha value is -3.41. The van der Waals surface area contributed by atoms with Crippen molar-refractivity contribution in [2.45, 2.75) is 12.8 Å². The van der Waals surface area contributed by atoms with Crippen LogP contribution in [-0.2, 0) is 22.4 Å². The highest BCUT2D eigenvalue weighted by Crippen LogP contribution is 2.27. The van der Waals surface area contributed by atoms with Gasteiger partial charge in [-0.3, -0.25) is 14.6 Å². The maximum absolute atomic E-state index is 11.0. The number of aromatic nitrogens is 1. The highest BCUT2D eigenvalue weighted by atomic mass is 16.4. The number of pyridine rings is 1. The second-order valence-corrected chi connectivity index (χ2v) is 5.64. The van der Waals surface area contributed by atoms with Gasteiger partial charge in [-0.15, -0.1) is 0 Å². The second-order valence-electron chi connectivity index (χ2n) is 5.64. The molecule has 3 N–H and O–H groups in total. The van der Waals surface area contributed by atoms with E-state index in [0.29, 0.717) is 16.8 Å². The molecule has 0 amide bonds. The molecule has 0 aliphatic carbocycles. The molecule has 0 atom stereocenters. The van der Waals surface area contributed by atoms with E-state index >= 15 is 0 Å². The van der Waals surface area contributed by atoms with Crippen molar-refractivity contribution >= 4 is 34.2 Å². The van der Waals surface area contributed by atoms with Crippen LogP contribution in [0.2, 0.25) is 0 Å². The predicted octanol–water partition coefficient (Wildman–Crippen LogP) is 3.23. The second kappa shape index (κ2) is 7.00. The first-order valence-corrected chi connectivity index (χ1v) is 7.69. The van der Waals surface area contributed by atoms with Crippen LogP contribution < -0.4 is 5.32 Å². The molecule has 0 saturated carbocycles. The minimum atomic E-state index is -0.938. The van der Waals surface area contributed by atoms with Crippen LogP contribution >= 0.6 is 0 Å². The molecule has 3 rings (SSSR count). The summed E-state index contributed by atoms with van der Waals surface area (Å²) in [6.07, 6.45) is -0.182. The van der Waals surface area contributed by atoms with Gasteiger partial charge >= 0.3 is 11.9 Å². The van der Waals surface area contributed by atoms with Crippen LogP contribution in [0.3, 0.4) is 0 Å². The van der Waals surface area contributed by atoms with E-state index in [4.69, 9.17) is 10.2 Å². The van der Waals surface area contributed by atoms with Gasteiger partial charge in [0, 0.05) is 16.8 Å².